The first-order valence-electron chi connectivity index (χ1n) is 8.66. The minimum atomic E-state index is 0.107. The van der Waals surface area contributed by atoms with E-state index in [1.165, 1.54) is 0 Å². The molecule has 1 saturated carbocycles. The van der Waals surface area contributed by atoms with Gasteiger partial charge in [0.2, 0.25) is 5.91 Å². The molecule has 2 saturated heterocycles. The molecule has 1 aromatic rings. The smallest absolute Gasteiger partial charge is 0.241 e. The largest absolute Gasteiger partial charge is 0.377 e. The summed E-state index contributed by atoms with van der Waals surface area (Å²) in [6.07, 6.45) is 3.04. The standard InChI is InChI=1S/C17H25N5O2/c1-17(2)15(11-4-7-24-16(11)17)20-12-8-13(19-10-18-12)22-6-5-21(3)14(23)9-22/h8,10-11,15-16H,4-7,9H2,1-3H3,(H,18,19,20). The van der Waals surface area contributed by atoms with Crippen LogP contribution in [0.1, 0.15) is 20.3 Å². The summed E-state index contributed by atoms with van der Waals surface area (Å²) in [7, 11) is 1.84. The van der Waals surface area contributed by atoms with Crippen LogP contribution in [0.25, 0.3) is 0 Å². The van der Waals surface area contributed by atoms with E-state index < -0.39 is 0 Å². The summed E-state index contributed by atoms with van der Waals surface area (Å²) in [5, 5.41) is 3.59. The normalized spacial score (nSPS) is 31.6. The zero-order valence-electron chi connectivity index (χ0n) is 14.5. The van der Waals surface area contributed by atoms with Gasteiger partial charge in [-0.25, -0.2) is 9.97 Å². The fourth-order valence-corrected chi connectivity index (χ4v) is 4.33. The van der Waals surface area contributed by atoms with Gasteiger partial charge in [-0.1, -0.05) is 13.8 Å². The third-order valence-corrected chi connectivity index (χ3v) is 5.84. The number of ether oxygens (including phenoxy) is 1. The molecule has 3 fully saturated rings. The van der Waals surface area contributed by atoms with Crippen molar-refractivity contribution in [3.05, 3.63) is 12.4 Å². The average molecular weight is 331 g/mol. The Morgan fingerprint density at radius 2 is 2.17 bits per heavy atom. The van der Waals surface area contributed by atoms with Crippen molar-refractivity contribution in [3.8, 4) is 0 Å². The monoisotopic (exact) mass is 331 g/mol. The van der Waals surface area contributed by atoms with Gasteiger partial charge in [-0.3, -0.25) is 4.79 Å². The first kappa shape index (κ1) is 15.6. The quantitative estimate of drug-likeness (QED) is 0.890. The van der Waals surface area contributed by atoms with Crippen LogP contribution in [0.15, 0.2) is 12.4 Å². The van der Waals surface area contributed by atoms with E-state index in [9.17, 15) is 4.79 Å². The Bertz CT molecular complexity index is 650. The molecule has 3 atom stereocenters. The molecule has 4 rings (SSSR count). The Labute approximate surface area is 142 Å². The molecule has 7 nitrogen and oxygen atoms in total. The predicted molar refractivity (Wildman–Crippen MR) is 90.9 cm³/mol. The summed E-state index contributed by atoms with van der Waals surface area (Å²) in [5.41, 5.74) is 0.107. The topological polar surface area (TPSA) is 70.6 Å². The molecule has 0 aromatic carbocycles. The Kier molecular flexibility index (Phi) is 3.63. The summed E-state index contributed by atoms with van der Waals surface area (Å²) >= 11 is 0. The lowest BCUT2D eigenvalue weighted by atomic mass is 9.57. The summed E-state index contributed by atoms with van der Waals surface area (Å²) in [6, 6.07) is 2.32. The molecule has 2 aliphatic heterocycles. The van der Waals surface area contributed by atoms with Crippen LogP contribution in [0.2, 0.25) is 0 Å². The van der Waals surface area contributed by atoms with E-state index in [-0.39, 0.29) is 11.3 Å². The number of hydrogen-bond donors (Lipinski definition) is 1. The van der Waals surface area contributed by atoms with Gasteiger partial charge in [0.05, 0.1) is 12.6 Å². The van der Waals surface area contributed by atoms with E-state index in [0.717, 1.165) is 37.8 Å². The number of aromatic nitrogens is 2. The summed E-state index contributed by atoms with van der Waals surface area (Å²) in [5.74, 6) is 2.32. The molecule has 3 heterocycles. The van der Waals surface area contributed by atoms with Gasteiger partial charge < -0.3 is 19.9 Å². The lowest BCUT2D eigenvalue weighted by Crippen LogP contribution is -2.63. The Hall–Kier alpha value is -1.89. The summed E-state index contributed by atoms with van der Waals surface area (Å²) in [4.78, 5) is 24.4. The first-order chi connectivity index (χ1) is 11.5. The summed E-state index contributed by atoms with van der Waals surface area (Å²) in [6.45, 7) is 7.25. The van der Waals surface area contributed by atoms with E-state index in [1.807, 2.05) is 18.0 Å². The van der Waals surface area contributed by atoms with Gasteiger partial charge in [-0.05, 0) is 6.42 Å². The number of nitrogens with one attached hydrogen (secondary N) is 1. The van der Waals surface area contributed by atoms with Crippen molar-refractivity contribution in [2.45, 2.75) is 32.4 Å². The zero-order valence-corrected chi connectivity index (χ0v) is 14.5. The third kappa shape index (κ3) is 2.42. The number of fused-ring (bicyclic) bond motifs is 1. The van der Waals surface area contributed by atoms with Gasteiger partial charge in [0.15, 0.2) is 0 Å². The highest BCUT2D eigenvalue weighted by Crippen LogP contribution is 2.53. The van der Waals surface area contributed by atoms with Gasteiger partial charge in [-0.15, -0.1) is 0 Å². The highest BCUT2D eigenvalue weighted by atomic mass is 16.5. The molecule has 0 bridgehead atoms. The minimum absolute atomic E-state index is 0.107. The van der Waals surface area contributed by atoms with Crippen molar-refractivity contribution in [1.82, 2.24) is 14.9 Å². The van der Waals surface area contributed by atoms with Gasteiger partial charge in [0.1, 0.15) is 18.0 Å². The second kappa shape index (κ2) is 5.58. The van der Waals surface area contributed by atoms with Crippen LogP contribution in [0.3, 0.4) is 0 Å². The molecule has 1 N–H and O–H groups in total. The van der Waals surface area contributed by atoms with Crippen LogP contribution in [-0.2, 0) is 9.53 Å². The number of carbonyl (C=O) groups is 1. The van der Waals surface area contributed by atoms with E-state index in [2.05, 4.69) is 29.1 Å². The maximum absolute atomic E-state index is 11.9. The maximum atomic E-state index is 11.9. The van der Waals surface area contributed by atoms with Crippen molar-refractivity contribution in [2.24, 2.45) is 11.3 Å². The number of nitrogens with zero attached hydrogens (tertiary/aromatic N) is 4. The van der Waals surface area contributed by atoms with Crippen molar-refractivity contribution >= 4 is 17.5 Å². The molecule has 130 valence electrons. The van der Waals surface area contributed by atoms with Crippen LogP contribution >= 0.6 is 0 Å². The van der Waals surface area contributed by atoms with Crippen molar-refractivity contribution in [2.75, 3.05) is 43.5 Å². The number of piperazine rings is 1. The molecule has 0 spiro atoms. The molecule has 1 aromatic heterocycles. The van der Waals surface area contributed by atoms with E-state index in [1.54, 1.807) is 11.2 Å². The van der Waals surface area contributed by atoms with Gasteiger partial charge in [-0.2, -0.15) is 0 Å². The van der Waals surface area contributed by atoms with Gasteiger partial charge >= 0.3 is 0 Å². The molecular weight excluding hydrogens is 306 g/mol. The average Bonchev–Trinajstić information content (AvgIpc) is 3.03. The zero-order chi connectivity index (χ0) is 16.9. The highest BCUT2D eigenvalue weighted by Gasteiger charge is 2.59. The Balaban J connectivity index is 1.48. The molecule has 24 heavy (non-hydrogen) atoms. The van der Waals surface area contributed by atoms with E-state index in [4.69, 9.17) is 4.74 Å². The first-order valence-corrected chi connectivity index (χ1v) is 8.66. The molecule has 7 heteroatoms. The molecule has 1 amide bonds. The molecule has 3 aliphatic rings. The van der Waals surface area contributed by atoms with Crippen LogP contribution in [0.5, 0.6) is 0 Å². The Morgan fingerprint density at radius 3 is 2.96 bits per heavy atom. The lowest BCUT2D eigenvalue weighted by molar-refractivity contribution is -0.129. The SMILES string of the molecule is CN1CCN(c2cc(NC3C4CCOC4C3(C)C)ncn2)CC1=O. The predicted octanol–water partition coefficient (Wildman–Crippen LogP) is 0.980. The second-order valence-corrected chi connectivity index (χ2v) is 7.69. The fraction of sp³-hybridized carbons (Fsp3) is 0.706. The fourth-order valence-electron chi connectivity index (χ4n) is 4.33. The van der Waals surface area contributed by atoms with Crippen LogP contribution in [0, 0.1) is 11.3 Å². The van der Waals surface area contributed by atoms with E-state index >= 15 is 0 Å². The van der Waals surface area contributed by atoms with Crippen LogP contribution in [0.4, 0.5) is 11.6 Å². The van der Waals surface area contributed by atoms with Gasteiger partial charge in [0, 0.05) is 50.2 Å². The lowest BCUT2D eigenvalue weighted by Gasteiger charge is -2.54. The van der Waals surface area contributed by atoms with Crippen molar-refractivity contribution in [1.29, 1.82) is 0 Å². The number of anilines is 2. The maximum Gasteiger partial charge on any atom is 0.241 e. The molecular formula is C17H25N5O2. The molecule has 1 aliphatic carbocycles. The number of rotatable bonds is 3. The minimum Gasteiger partial charge on any atom is -0.377 e. The van der Waals surface area contributed by atoms with Crippen LogP contribution < -0.4 is 10.2 Å². The van der Waals surface area contributed by atoms with Gasteiger partial charge in [0.25, 0.3) is 0 Å². The molecule has 3 unspecified atom stereocenters. The third-order valence-electron chi connectivity index (χ3n) is 5.84. The number of carbonyl (C=O) groups excluding carboxylic acids is 1. The van der Waals surface area contributed by atoms with Crippen LogP contribution in [-0.4, -0.2) is 66.2 Å². The van der Waals surface area contributed by atoms with Crippen molar-refractivity contribution < 1.29 is 9.53 Å². The number of amides is 1. The number of likely N-dealkylation sites (N-methyl/N-ethyl adjacent to an activating group) is 1. The second-order valence-electron chi connectivity index (χ2n) is 7.69. The highest BCUT2D eigenvalue weighted by molar-refractivity contribution is 5.82. The van der Waals surface area contributed by atoms with Crippen molar-refractivity contribution in [3.63, 3.8) is 0 Å². The number of hydrogen-bond acceptors (Lipinski definition) is 6. The summed E-state index contributed by atoms with van der Waals surface area (Å²) < 4.78 is 5.85. The van der Waals surface area contributed by atoms with E-state index in [0.29, 0.717) is 24.6 Å². The molecule has 0 radical (unpaired) electrons. The Morgan fingerprint density at radius 1 is 1.33 bits per heavy atom.